The maximum Gasteiger partial charge on any atom is 0.174 e. The standard InChI is InChI=1S/C7H5ClN2S3/c8-5-1-2-11-6(5)3-12-7-10-9-4-13-7/h1-2,4H,3H2. The average Bonchev–Trinajstić information content (AvgIpc) is 2.72. The van der Waals surface area contributed by atoms with Crippen molar-refractivity contribution >= 4 is 46.0 Å². The lowest BCUT2D eigenvalue weighted by atomic mass is 10.5. The molecule has 0 N–H and O–H groups in total. The van der Waals surface area contributed by atoms with E-state index in [4.69, 9.17) is 11.6 Å². The van der Waals surface area contributed by atoms with Crippen LogP contribution in [-0.2, 0) is 5.75 Å². The number of rotatable bonds is 3. The minimum absolute atomic E-state index is 0.849. The number of thioether (sulfide) groups is 1. The fourth-order valence-electron chi connectivity index (χ4n) is 0.781. The first-order valence-electron chi connectivity index (χ1n) is 3.47. The van der Waals surface area contributed by atoms with Gasteiger partial charge in [-0.3, -0.25) is 0 Å². The number of hydrogen-bond donors (Lipinski definition) is 0. The van der Waals surface area contributed by atoms with Crippen LogP contribution in [0.4, 0.5) is 0 Å². The summed E-state index contributed by atoms with van der Waals surface area (Å²) in [5, 5.41) is 10.5. The van der Waals surface area contributed by atoms with Gasteiger partial charge in [-0.1, -0.05) is 34.7 Å². The van der Waals surface area contributed by atoms with Gasteiger partial charge in [-0.15, -0.1) is 21.5 Å². The molecule has 2 aromatic rings. The van der Waals surface area contributed by atoms with Crippen LogP contribution in [0.5, 0.6) is 0 Å². The molecular weight excluding hydrogens is 244 g/mol. The Morgan fingerprint density at radius 2 is 2.38 bits per heavy atom. The third-order valence-electron chi connectivity index (χ3n) is 1.36. The van der Waals surface area contributed by atoms with Gasteiger partial charge in [-0.05, 0) is 11.4 Å². The molecule has 0 saturated carbocycles. The summed E-state index contributed by atoms with van der Waals surface area (Å²) in [6, 6.07) is 1.92. The highest BCUT2D eigenvalue weighted by Crippen LogP contribution is 2.30. The number of hydrogen-bond acceptors (Lipinski definition) is 5. The van der Waals surface area contributed by atoms with Gasteiger partial charge in [0, 0.05) is 10.6 Å². The monoisotopic (exact) mass is 248 g/mol. The molecule has 2 rings (SSSR count). The molecule has 2 aromatic heterocycles. The topological polar surface area (TPSA) is 25.8 Å². The molecule has 2 nitrogen and oxygen atoms in total. The van der Waals surface area contributed by atoms with Crippen molar-refractivity contribution in [3.63, 3.8) is 0 Å². The molecular formula is C7H5ClN2S3. The van der Waals surface area contributed by atoms with Crippen molar-refractivity contribution in [1.82, 2.24) is 10.2 Å². The van der Waals surface area contributed by atoms with Gasteiger partial charge in [0.15, 0.2) is 4.34 Å². The molecule has 68 valence electrons. The van der Waals surface area contributed by atoms with Crippen LogP contribution in [0.25, 0.3) is 0 Å². The van der Waals surface area contributed by atoms with E-state index < -0.39 is 0 Å². The second kappa shape index (κ2) is 4.41. The molecule has 6 heteroatoms. The van der Waals surface area contributed by atoms with Gasteiger partial charge in [-0.25, -0.2) is 0 Å². The summed E-state index contributed by atoms with van der Waals surface area (Å²) in [6.45, 7) is 0. The summed E-state index contributed by atoms with van der Waals surface area (Å²) in [6.07, 6.45) is 0. The maximum atomic E-state index is 5.94. The fourth-order valence-corrected chi connectivity index (χ4v) is 3.57. The van der Waals surface area contributed by atoms with Crippen LogP contribution in [0, 0.1) is 0 Å². The Labute approximate surface area is 93.0 Å². The Bertz CT molecular complexity index is 371. The quantitative estimate of drug-likeness (QED) is 0.777. The predicted octanol–water partition coefficient (Wildman–Crippen LogP) is 3.55. The van der Waals surface area contributed by atoms with Gasteiger partial charge < -0.3 is 0 Å². The lowest BCUT2D eigenvalue weighted by Crippen LogP contribution is -1.75. The summed E-state index contributed by atoms with van der Waals surface area (Å²) in [7, 11) is 0. The molecule has 2 heterocycles. The van der Waals surface area contributed by atoms with Gasteiger partial charge in [0.25, 0.3) is 0 Å². The summed E-state index contributed by atoms with van der Waals surface area (Å²) >= 11 is 10.8. The van der Waals surface area contributed by atoms with Crippen LogP contribution < -0.4 is 0 Å². The third kappa shape index (κ3) is 2.43. The first-order valence-corrected chi connectivity index (χ1v) is 6.59. The van der Waals surface area contributed by atoms with Crippen molar-refractivity contribution in [2.75, 3.05) is 0 Å². The van der Waals surface area contributed by atoms with E-state index >= 15 is 0 Å². The van der Waals surface area contributed by atoms with Crippen LogP contribution in [-0.4, -0.2) is 10.2 Å². The molecule has 0 atom stereocenters. The molecule has 0 aromatic carbocycles. The lowest BCUT2D eigenvalue weighted by Gasteiger charge is -1.93. The Hall–Kier alpha value is -0.100. The van der Waals surface area contributed by atoms with E-state index in [1.807, 2.05) is 11.4 Å². The van der Waals surface area contributed by atoms with E-state index in [2.05, 4.69) is 10.2 Å². The number of halogens is 1. The highest BCUT2D eigenvalue weighted by atomic mass is 35.5. The minimum atomic E-state index is 0.849. The number of nitrogens with zero attached hydrogens (tertiary/aromatic N) is 2. The second-order valence-electron chi connectivity index (χ2n) is 2.19. The summed E-state index contributed by atoms with van der Waals surface area (Å²) in [5.74, 6) is 0.881. The van der Waals surface area contributed by atoms with E-state index in [-0.39, 0.29) is 0 Å². The summed E-state index contributed by atoms with van der Waals surface area (Å²) in [5.41, 5.74) is 1.73. The molecule has 0 bridgehead atoms. The predicted molar refractivity (Wildman–Crippen MR) is 58.8 cm³/mol. The molecule has 0 unspecified atom stereocenters. The van der Waals surface area contributed by atoms with Gasteiger partial charge in [0.05, 0.1) is 5.02 Å². The Balaban J connectivity index is 1.97. The minimum Gasteiger partial charge on any atom is -0.146 e. The van der Waals surface area contributed by atoms with E-state index in [9.17, 15) is 0 Å². The van der Waals surface area contributed by atoms with Crippen LogP contribution in [0.2, 0.25) is 5.02 Å². The summed E-state index contributed by atoms with van der Waals surface area (Å²) < 4.78 is 0.990. The van der Waals surface area contributed by atoms with E-state index in [1.165, 1.54) is 4.88 Å². The first kappa shape index (κ1) is 9.45. The van der Waals surface area contributed by atoms with Crippen LogP contribution >= 0.6 is 46.0 Å². The second-order valence-corrected chi connectivity index (χ2v) is 5.65. The van der Waals surface area contributed by atoms with E-state index in [0.717, 1.165) is 15.1 Å². The van der Waals surface area contributed by atoms with Crippen LogP contribution in [0.1, 0.15) is 4.88 Å². The lowest BCUT2D eigenvalue weighted by molar-refractivity contribution is 1.01. The van der Waals surface area contributed by atoms with E-state index in [1.54, 1.807) is 39.9 Å². The van der Waals surface area contributed by atoms with Crippen molar-refractivity contribution < 1.29 is 0 Å². The van der Waals surface area contributed by atoms with E-state index in [0.29, 0.717) is 0 Å². The summed E-state index contributed by atoms with van der Waals surface area (Å²) in [4.78, 5) is 1.20. The number of aromatic nitrogens is 2. The van der Waals surface area contributed by atoms with Crippen LogP contribution in [0.3, 0.4) is 0 Å². The largest absolute Gasteiger partial charge is 0.174 e. The molecule has 0 aliphatic rings. The van der Waals surface area contributed by atoms with Crippen molar-refractivity contribution in [2.24, 2.45) is 0 Å². The highest BCUT2D eigenvalue weighted by Gasteiger charge is 2.03. The molecule has 0 aliphatic heterocycles. The van der Waals surface area contributed by atoms with Gasteiger partial charge in [0.2, 0.25) is 0 Å². The smallest absolute Gasteiger partial charge is 0.146 e. The average molecular weight is 249 g/mol. The SMILES string of the molecule is Clc1ccsc1CSc1nncs1. The Morgan fingerprint density at radius 1 is 1.46 bits per heavy atom. The highest BCUT2D eigenvalue weighted by molar-refractivity contribution is 8.00. The molecule has 0 spiro atoms. The van der Waals surface area contributed by atoms with Crippen molar-refractivity contribution in [3.8, 4) is 0 Å². The molecule has 0 aliphatic carbocycles. The Kier molecular flexibility index (Phi) is 3.21. The third-order valence-corrected chi connectivity index (χ3v) is 4.81. The molecule has 0 fully saturated rings. The van der Waals surface area contributed by atoms with Crippen molar-refractivity contribution in [2.45, 2.75) is 10.1 Å². The normalized spacial score (nSPS) is 10.5. The van der Waals surface area contributed by atoms with Crippen molar-refractivity contribution in [1.29, 1.82) is 0 Å². The first-order chi connectivity index (χ1) is 6.36. The van der Waals surface area contributed by atoms with Crippen molar-refractivity contribution in [3.05, 3.63) is 26.9 Å². The fraction of sp³-hybridized carbons (Fsp3) is 0.143. The van der Waals surface area contributed by atoms with Crippen LogP contribution in [0.15, 0.2) is 21.3 Å². The zero-order valence-corrected chi connectivity index (χ0v) is 9.64. The zero-order valence-electron chi connectivity index (χ0n) is 6.44. The Morgan fingerprint density at radius 3 is 3.00 bits per heavy atom. The van der Waals surface area contributed by atoms with Gasteiger partial charge in [0.1, 0.15) is 5.51 Å². The molecule has 0 saturated heterocycles. The number of thiophene rings is 1. The van der Waals surface area contributed by atoms with Gasteiger partial charge >= 0.3 is 0 Å². The molecule has 13 heavy (non-hydrogen) atoms. The maximum absolute atomic E-state index is 5.94. The molecule has 0 amide bonds. The van der Waals surface area contributed by atoms with Gasteiger partial charge in [-0.2, -0.15) is 0 Å². The molecule has 0 radical (unpaired) electrons. The zero-order chi connectivity index (χ0) is 9.10.